The van der Waals surface area contributed by atoms with Gasteiger partial charge in [0.2, 0.25) is 11.0 Å². The van der Waals surface area contributed by atoms with Crippen LogP contribution in [0.15, 0.2) is 21.6 Å². The summed E-state index contributed by atoms with van der Waals surface area (Å²) in [7, 11) is 2.85. The van der Waals surface area contributed by atoms with E-state index in [0.29, 0.717) is 12.3 Å². The van der Waals surface area contributed by atoms with Gasteiger partial charge in [0, 0.05) is 28.2 Å². The highest BCUT2D eigenvalue weighted by Gasteiger charge is 2.32. The Morgan fingerprint density at radius 3 is 2.59 bits per heavy atom. The first-order chi connectivity index (χ1) is 10.2. The topological polar surface area (TPSA) is 74.1 Å². The largest absolute Gasteiger partial charge is 0.447 e. The summed E-state index contributed by atoms with van der Waals surface area (Å²) >= 11 is 0. The van der Waals surface area contributed by atoms with Gasteiger partial charge < -0.3 is 9.32 Å². The lowest BCUT2D eigenvalue weighted by Gasteiger charge is -2.25. The van der Waals surface area contributed by atoms with Gasteiger partial charge in [-0.3, -0.25) is 9.69 Å². The van der Waals surface area contributed by atoms with Gasteiger partial charge in [-0.15, -0.1) is 0 Å². The molecule has 7 nitrogen and oxygen atoms in total. The first-order valence-electron chi connectivity index (χ1n) is 7.20. The lowest BCUT2D eigenvalue weighted by Crippen LogP contribution is -2.42. The number of rotatable bonds is 5. The van der Waals surface area contributed by atoms with E-state index in [1.54, 1.807) is 25.1 Å². The van der Waals surface area contributed by atoms with Crippen molar-refractivity contribution in [2.75, 3.05) is 34.7 Å². The van der Waals surface area contributed by atoms with Gasteiger partial charge in [0.1, 0.15) is 5.76 Å². The van der Waals surface area contributed by atoms with Crippen LogP contribution in [-0.4, -0.2) is 69.2 Å². The minimum absolute atomic E-state index is 0.0674. The molecule has 8 heteroatoms. The highest BCUT2D eigenvalue weighted by Crippen LogP contribution is 2.24. The van der Waals surface area contributed by atoms with Crippen molar-refractivity contribution in [3.8, 4) is 0 Å². The highest BCUT2D eigenvalue weighted by molar-refractivity contribution is 7.88. The fourth-order valence-corrected chi connectivity index (χ4v) is 3.37. The van der Waals surface area contributed by atoms with Crippen LogP contribution < -0.4 is 0 Å². The SMILES string of the molecule is CN(C)C(=O)C1CCCN1Cc1ccc(S(=O)(=O)N(C)C)o1. The molecule has 2 rings (SSSR count). The maximum Gasteiger partial charge on any atom is 0.275 e. The monoisotopic (exact) mass is 329 g/mol. The number of sulfonamides is 1. The molecule has 0 bridgehead atoms. The van der Waals surface area contributed by atoms with Crippen LogP contribution >= 0.6 is 0 Å². The van der Waals surface area contributed by atoms with Crippen LogP contribution in [0.1, 0.15) is 18.6 Å². The second-order valence-electron chi connectivity index (χ2n) is 5.87. The minimum Gasteiger partial charge on any atom is -0.447 e. The molecule has 0 aliphatic carbocycles. The molecule has 2 heterocycles. The van der Waals surface area contributed by atoms with E-state index in [4.69, 9.17) is 4.42 Å². The molecule has 1 unspecified atom stereocenters. The number of amides is 1. The average molecular weight is 329 g/mol. The van der Waals surface area contributed by atoms with Gasteiger partial charge in [0.05, 0.1) is 12.6 Å². The van der Waals surface area contributed by atoms with Gasteiger partial charge in [0.25, 0.3) is 10.0 Å². The van der Waals surface area contributed by atoms with Crippen LogP contribution in [0, 0.1) is 0 Å². The number of likely N-dealkylation sites (N-methyl/N-ethyl adjacent to an activating group) is 1. The molecule has 124 valence electrons. The number of likely N-dealkylation sites (tertiary alicyclic amines) is 1. The molecule has 0 aromatic carbocycles. The Morgan fingerprint density at radius 1 is 1.32 bits per heavy atom. The number of nitrogens with zero attached hydrogens (tertiary/aromatic N) is 3. The van der Waals surface area contributed by atoms with Gasteiger partial charge in [-0.05, 0) is 31.5 Å². The van der Waals surface area contributed by atoms with E-state index in [1.165, 1.54) is 20.2 Å². The molecule has 1 aliphatic heterocycles. The van der Waals surface area contributed by atoms with Crippen molar-refractivity contribution in [3.63, 3.8) is 0 Å². The number of carbonyl (C=O) groups is 1. The second-order valence-corrected chi connectivity index (χ2v) is 7.95. The number of hydrogen-bond donors (Lipinski definition) is 0. The van der Waals surface area contributed by atoms with Crippen molar-refractivity contribution in [2.45, 2.75) is 30.5 Å². The van der Waals surface area contributed by atoms with E-state index in [9.17, 15) is 13.2 Å². The highest BCUT2D eigenvalue weighted by atomic mass is 32.2. The van der Waals surface area contributed by atoms with E-state index < -0.39 is 10.0 Å². The van der Waals surface area contributed by atoms with Crippen molar-refractivity contribution in [1.29, 1.82) is 0 Å². The zero-order chi connectivity index (χ0) is 16.5. The standard InChI is InChI=1S/C14H23N3O4S/c1-15(2)14(18)12-6-5-9-17(12)10-11-7-8-13(21-11)22(19,20)16(3)4/h7-8,12H,5-6,9-10H2,1-4H3. The number of furan rings is 1. The Morgan fingerprint density at radius 2 is 2.00 bits per heavy atom. The van der Waals surface area contributed by atoms with E-state index >= 15 is 0 Å². The van der Waals surface area contributed by atoms with Gasteiger partial charge in [0.15, 0.2) is 0 Å². The number of carbonyl (C=O) groups excluding carboxylic acids is 1. The second kappa shape index (κ2) is 6.39. The molecule has 0 N–H and O–H groups in total. The smallest absolute Gasteiger partial charge is 0.275 e. The van der Waals surface area contributed by atoms with Crippen LogP contribution in [-0.2, 0) is 21.4 Å². The van der Waals surface area contributed by atoms with Gasteiger partial charge in [-0.1, -0.05) is 0 Å². The first-order valence-corrected chi connectivity index (χ1v) is 8.64. The molecular weight excluding hydrogens is 306 g/mol. The third kappa shape index (κ3) is 3.34. The van der Waals surface area contributed by atoms with Gasteiger partial charge in [-0.2, -0.15) is 0 Å². The molecule has 1 aliphatic rings. The van der Waals surface area contributed by atoms with E-state index in [0.717, 1.165) is 23.7 Å². The fourth-order valence-electron chi connectivity index (χ4n) is 2.56. The zero-order valence-electron chi connectivity index (χ0n) is 13.4. The third-order valence-corrected chi connectivity index (χ3v) is 5.51. The zero-order valence-corrected chi connectivity index (χ0v) is 14.3. The molecular formula is C14H23N3O4S. The summed E-state index contributed by atoms with van der Waals surface area (Å²) in [5, 5.41) is -0.0674. The van der Waals surface area contributed by atoms with E-state index in [2.05, 4.69) is 0 Å². The molecule has 0 radical (unpaired) electrons. The van der Waals surface area contributed by atoms with Crippen molar-refractivity contribution in [2.24, 2.45) is 0 Å². The fraction of sp³-hybridized carbons (Fsp3) is 0.643. The van der Waals surface area contributed by atoms with Crippen molar-refractivity contribution >= 4 is 15.9 Å². The van der Waals surface area contributed by atoms with E-state index in [1.807, 2.05) is 4.90 Å². The maximum absolute atomic E-state index is 12.2. The van der Waals surface area contributed by atoms with Gasteiger partial charge >= 0.3 is 0 Å². The van der Waals surface area contributed by atoms with Crippen molar-refractivity contribution in [3.05, 3.63) is 17.9 Å². The molecule has 1 atom stereocenters. The summed E-state index contributed by atoms with van der Waals surface area (Å²) in [5.74, 6) is 0.629. The van der Waals surface area contributed by atoms with Crippen LogP contribution in [0.25, 0.3) is 0 Å². The van der Waals surface area contributed by atoms with Crippen molar-refractivity contribution < 1.29 is 17.6 Å². The summed E-state index contributed by atoms with van der Waals surface area (Å²) in [6, 6.07) is 2.96. The quantitative estimate of drug-likeness (QED) is 0.790. The third-order valence-electron chi connectivity index (χ3n) is 3.82. The van der Waals surface area contributed by atoms with Gasteiger partial charge in [-0.25, -0.2) is 12.7 Å². The Kier molecular flexibility index (Phi) is 4.93. The van der Waals surface area contributed by atoms with Crippen LogP contribution in [0.2, 0.25) is 0 Å². The summed E-state index contributed by atoms with van der Waals surface area (Å²) in [6.07, 6.45) is 1.77. The minimum atomic E-state index is -3.56. The Labute approximate surface area is 131 Å². The van der Waals surface area contributed by atoms with Crippen LogP contribution in [0.3, 0.4) is 0 Å². The summed E-state index contributed by atoms with van der Waals surface area (Å²) < 4.78 is 30.6. The predicted molar refractivity (Wildman–Crippen MR) is 81.7 cm³/mol. The predicted octanol–water partition coefficient (Wildman–Crippen LogP) is 0.583. The molecule has 1 saturated heterocycles. The lowest BCUT2D eigenvalue weighted by molar-refractivity contribution is -0.133. The molecule has 1 aromatic rings. The molecule has 1 fully saturated rings. The molecule has 0 saturated carbocycles. The molecule has 1 amide bonds. The first kappa shape index (κ1) is 17.0. The normalized spacial score (nSPS) is 19.8. The summed E-state index contributed by atoms with van der Waals surface area (Å²) in [6.45, 7) is 1.24. The number of hydrogen-bond acceptors (Lipinski definition) is 5. The molecule has 0 spiro atoms. The molecule has 1 aromatic heterocycles. The Hall–Kier alpha value is -1.38. The Bertz CT molecular complexity index is 636. The lowest BCUT2D eigenvalue weighted by atomic mass is 10.2. The Balaban J connectivity index is 2.12. The summed E-state index contributed by atoms with van der Waals surface area (Å²) in [4.78, 5) is 15.8. The van der Waals surface area contributed by atoms with E-state index in [-0.39, 0.29) is 17.0 Å². The van der Waals surface area contributed by atoms with Crippen LogP contribution in [0.4, 0.5) is 0 Å². The van der Waals surface area contributed by atoms with Crippen molar-refractivity contribution in [1.82, 2.24) is 14.1 Å². The van der Waals surface area contributed by atoms with Crippen LogP contribution in [0.5, 0.6) is 0 Å². The summed E-state index contributed by atoms with van der Waals surface area (Å²) in [5.41, 5.74) is 0. The average Bonchev–Trinajstić information content (AvgIpc) is 3.07. The maximum atomic E-state index is 12.2. The molecule has 22 heavy (non-hydrogen) atoms.